The SMILES string of the molecule is CC(F)(F)NO. The maximum atomic E-state index is 11.1. The van der Waals surface area contributed by atoms with E-state index in [1.165, 1.54) is 0 Å². The van der Waals surface area contributed by atoms with Crippen LogP contribution in [-0.2, 0) is 0 Å². The van der Waals surface area contributed by atoms with Crippen molar-refractivity contribution < 1.29 is 14.0 Å². The predicted octanol–water partition coefficient (Wildman–Crippen LogP) is 0.578. The molecule has 0 aliphatic heterocycles. The van der Waals surface area contributed by atoms with Crippen LogP contribution in [0, 0.1) is 0 Å². The van der Waals surface area contributed by atoms with E-state index in [0.717, 1.165) is 5.48 Å². The van der Waals surface area contributed by atoms with Crippen LogP contribution in [-0.4, -0.2) is 11.3 Å². The number of alkyl halides is 2. The van der Waals surface area contributed by atoms with Crippen LogP contribution >= 0.6 is 0 Å². The van der Waals surface area contributed by atoms with Gasteiger partial charge in [-0.05, 0) is 0 Å². The molecule has 0 fully saturated rings. The number of nitrogens with one attached hydrogen (secondary N) is 1. The second-order valence-electron chi connectivity index (χ2n) is 1.00. The van der Waals surface area contributed by atoms with Gasteiger partial charge in [-0.2, -0.15) is 8.78 Å². The maximum absolute atomic E-state index is 11.1. The highest BCUT2D eigenvalue weighted by Crippen LogP contribution is 2.02. The molecule has 0 saturated heterocycles. The van der Waals surface area contributed by atoms with Crippen LogP contribution in [0.25, 0.3) is 0 Å². The topological polar surface area (TPSA) is 32.3 Å². The molecule has 0 aliphatic rings. The summed E-state index contributed by atoms with van der Waals surface area (Å²) in [6.07, 6.45) is 0. The van der Waals surface area contributed by atoms with Crippen molar-refractivity contribution in [2.24, 2.45) is 0 Å². The van der Waals surface area contributed by atoms with Gasteiger partial charge in [0.25, 0.3) is 0 Å². The predicted molar refractivity (Wildman–Crippen MR) is 15.5 cm³/mol. The first-order valence-electron chi connectivity index (χ1n) is 1.35. The fourth-order valence-electron chi connectivity index (χ4n) is 0. The Bertz CT molecular complexity index is 41.3. The summed E-state index contributed by atoms with van der Waals surface area (Å²) < 4.78 is 22.2. The molecule has 38 valence electrons. The summed E-state index contributed by atoms with van der Waals surface area (Å²) in [7, 11) is 0. The Labute approximate surface area is 33.7 Å². The van der Waals surface area contributed by atoms with Gasteiger partial charge in [0.05, 0.1) is 0 Å². The second kappa shape index (κ2) is 1.49. The Balaban J connectivity index is 3.17. The van der Waals surface area contributed by atoms with Crippen LogP contribution < -0.4 is 5.48 Å². The Kier molecular flexibility index (Phi) is 1.43. The largest absolute Gasteiger partial charge is 0.320 e. The van der Waals surface area contributed by atoms with Gasteiger partial charge in [0, 0.05) is 6.92 Å². The third-order valence-corrected chi connectivity index (χ3v) is 0.196. The van der Waals surface area contributed by atoms with E-state index in [2.05, 4.69) is 0 Å². The Morgan fingerprint density at radius 3 is 1.83 bits per heavy atom. The minimum Gasteiger partial charge on any atom is -0.312 e. The van der Waals surface area contributed by atoms with Gasteiger partial charge in [-0.25, -0.2) is 0 Å². The van der Waals surface area contributed by atoms with E-state index in [-0.39, 0.29) is 0 Å². The van der Waals surface area contributed by atoms with Crippen LogP contribution in [0.5, 0.6) is 0 Å². The van der Waals surface area contributed by atoms with Crippen molar-refractivity contribution in [1.82, 2.24) is 5.48 Å². The van der Waals surface area contributed by atoms with E-state index in [1.54, 1.807) is 0 Å². The minimum absolute atomic E-state index is 0.549. The lowest BCUT2D eigenvalue weighted by molar-refractivity contribution is -0.111. The van der Waals surface area contributed by atoms with Crippen molar-refractivity contribution in [3.05, 3.63) is 0 Å². The van der Waals surface area contributed by atoms with E-state index in [0.29, 0.717) is 6.92 Å². The van der Waals surface area contributed by atoms with Gasteiger partial charge in [-0.3, -0.25) is 0 Å². The lowest BCUT2D eigenvalue weighted by Gasteiger charge is -2.02. The van der Waals surface area contributed by atoms with Gasteiger partial charge in [0.1, 0.15) is 0 Å². The normalized spacial score (nSPS) is 12.0. The van der Waals surface area contributed by atoms with E-state index in [1.807, 2.05) is 0 Å². The van der Waals surface area contributed by atoms with E-state index in [4.69, 9.17) is 5.21 Å². The number of hydroxylamine groups is 1. The average molecular weight is 97.1 g/mol. The third kappa shape index (κ3) is 3.78. The van der Waals surface area contributed by atoms with Crippen molar-refractivity contribution in [1.29, 1.82) is 0 Å². The zero-order valence-electron chi connectivity index (χ0n) is 3.20. The molecule has 4 heteroatoms. The molecule has 0 atom stereocenters. The molecular weight excluding hydrogens is 92.0 g/mol. The van der Waals surface area contributed by atoms with E-state index in [9.17, 15) is 8.78 Å². The molecule has 0 unspecified atom stereocenters. The molecule has 0 amide bonds. The number of hydrogen-bond acceptors (Lipinski definition) is 2. The molecule has 0 aromatic heterocycles. The highest BCUT2D eigenvalue weighted by Gasteiger charge is 2.16. The molecule has 0 heterocycles. The van der Waals surface area contributed by atoms with Gasteiger partial charge < -0.3 is 5.21 Å². The van der Waals surface area contributed by atoms with Crippen LogP contribution in [0.15, 0.2) is 0 Å². The van der Waals surface area contributed by atoms with Crippen molar-refractivity contribution in [3.63, 3.8) is 0 Å². The van der Waals surface area contributed by atoms with E-state index >= 15 is 0 Å². The van der Waals surface area contributed by atoms with Gasteiger partial charge in [-0.1, -0.05) is 0 Å². The highest BCUT2D eigenvalue weighted by molar-refractivity contribution is 4.39. The number of rotatable bonds is 1. The van der Waals surface area contributed by atoms with Gasteiger partial charge in [0.15, 0.2) is 0 Å². The molecule has 2 nitrogen and oxygen atoms in total. The molecular formula is C2H5F2NO. The zero-order valence-corrected chi connectivity index (χ0v) is 3.20. The lowest BCUT2D eigenvalue weighted by atomic mass is 10.7. The summed E-state index contributed by atoms with van der Waals surface area (Å²) in [4.78, 5) is 0. The molecule has 0 aliphatic carbocycles. The number of hydrogen-bond donors (Lipinski definition) is 2. The van der Waals surface area contributed by atoms with Crippen LogP contribution in [0.2, 0.25) is 0 Å². The van der Waals surface area contributed by atoms with Gasteiger partial charge >= 0.3 is 6.05 Å². The van der Waals surface area contributed by atoms with Crippen LogP contribution in [0.4, 0.5) is 8.78 Å². The third-order valence-electron chi connectivity index (χ3n) is 0.196. The molecule has 0 radical (unpaired) electrons. The highest BCUT2D eigenvalue weighted by atomic mass is 19.3. The molecule has 0 spiro atoms. The van der Waals surface area contributed by atoms with Crippen molar-refractivity contribution in [2.45, 2.75) is 13.0 Å². The van der Waals surface area contributed by atoms with Crippen LogP contribution in [0.3, 0.4) is 0 Å². The quantitative estimate of drug-likeness (QED) is 0.370. The first kappa shape index (κ1) is 5.78. The molecule has 0 rings (SSSR count). The number of halogens is 2. The summed E-state index contributed by atoms with van der Waals surface area (Å²) >= 11 is 0. The summed E-state index contributed by atoms with van der Waals surface area (Å²) in [5.74, 6) is 0. The fourth-order valence-corrected chi connectivity index (χ4v) is 0. The molecule has 2 N–H and O–H groups in total. The minimum atomic E-state index is -3.15. The molecule has 0 aromatic rings. The molecule has 0 aromatic carbocycles. The first-order valence-corrected chi connectivity index (χ1v) is 1.35. The molecule has 6 heavy (non-hydrogen) atoms. The van der Waals surface area contributed by atoms with Gasteiger partial charge in [-0.15, -0.1) is 5.48 Å². The monoisotopic (exact) mass is 97.0 g/mol. The summed E-state index contributed by atoms with van der Waals surface area (Å²) in [5.41, 5.74) is 0.771. The molecule has 0 bridgehead atoms. The van der Waals surface area contributed by atoms with Crippen molar-refractivity contribution >= 4 is 0 Å². The first-order chi connectivity index (χ1) is 2.56. The average Bonchev–Trinajstić information content (AvgIpc) is 1.35. The summed E-state index contributed by atoms with van der Waals surface area (Å²) in [5, 5.41) is 7.40. The standard InChI is InChI=1S/C2H5F2NO/c1-2(3,4)5-6/h5-6H,1H3. The van der Waals surface area contributed by atoms with Crippen molar-refractivity contribution in [3.8, 4) is 0 Å². The van der Waals surface area contributed by atoms with Crippen LogP contribution in [0.1, 0.15) is 6.92 Å². The second-order valence-corrected chi connectivity index (χ2v) is 1.00. The fraction of sp³-hybridized carbons (Fsp3) is 1.00. The van der Waals surface area contributed by atoms with Crippen molar-refractivity contribution in [2.75, 3.05) is 0 Å². The Morgan fingerprint density at radius 2 is 1.83 bits per heavy atom. The Morgan fingerprint density at radius 1 is 1.67 bits per heavy atom. The van der Waals surface area contributed by atoms with Gasteiger partial charge in [0.2, 0.25) is 0 Å². The summed E-state index contributed by atoms with van der Waals surface area (Å²) in [6, 6.07) is -3.15. The Hall–Kier alpha value is -0.220. The van der Waals surface area contributed by atoms with E-state index < -0.39 is 6.05 Å². The maximum Gasteiger partial charge on any atom is 0.320 e. The smallest absolute Gasteiger partial charge is 0.312 e. The summed E-state index contributed by atoms with van der Waals surface area (Å²) in [6.45, 7) is 0.549. The molecule has 0 saturated carbocycles. The zero-order chi connectivity index (χ0) is 5.21. The lowest BCUT2D eigenvalue weighted by Crippen LogP contribution is -2.28.